The largest absolute Gasteiger partial charge is 0.473 e. The summed E-state index contributed by atoms with van der Waals surface area (Å²) in [5.41, 5.74) is 1.31. The molecule has 0 spiro atoms. The van der Waals surface area contributed by atoms with Crippen molar-refractivity contribution in [1.82, 2.24) is 9.80 Å². The number of carboxylic acid groups (broad SMARTS) is 2. The van der Waals surface area contributed by atoms with Gasteiger partial charge in [-0.1, -0.05) is 35.9 Å². The lowest BCUT2D eigenvalue weighted by molar-refractivity contribution is -0.159. The van der Waals surface area contributed by atoms with Crippen LogP contribution in [-0.2, 0) is 16.1 Å². The Morgan fingerprint density at radius 3 is 2.10 bits per heavy atom. The summed E-state index contributed by atoms with van der Waals surface area (Å²) in [4.78, 5) is 34.6. The number of piperazine rings is 1. The second kappa shape index (κ2) is 10.5. The van der Waals surface area contributed by atoms with Gasteiger partial charge >= 0.3 is 11.9 Å². The zero-order chi connectivity index (χ0) is 21.4. The molecule has 154 valence electrons. The minimum atomic E-state index is -1.82. The molecule has 2 aromatic carbocycles. The molecule has 1 aliphatic heterocycles. The molecule has 0 unspecified atom stereocenters. The van der Waals surface area contributed by atoms with Crippen LogP contribution in [0.3, 0.4) is 0 Å². The Morgan fingerprint density at radius 2 is 1.55 bits per heavy atom. The highest BCUT2D eigenvalue weighted by molar-refractivity contribution is 6.30. The first-order valence-corrected chi connectivity index (χ1v) is 9.12. The van der Waals surface area contributed by atoms with Crippen LogP contribution >= 0.6 is 11.6 Å². The number of rotatable bonds is 3. The summed E-state index contributed by atoms with van der Waals surface area (Å²) < 4.78 is 13.7. The molecule has 2 aromatic rings. The van der Waals surface area contributed by atoms with Crippen molar-refractivity contribution in [3.05, 3.63) is 70.5 Å². The number of amides is 1. The number of hydrogen-bond acceptors (Lipinski definition) is 4. The quantitative estimate of drug-likeness (QED) is 0.738. The van der Waals surface area contributed by atoms with Crippen LogP contribution in [0.25, 0.3) is 0 Å². The van der Waals surface area contributed by atoms with Gasteiger partial charge in [0, 0.05) is 37.7 Å². The molecular formula is C20H20ClFN2O5. The maximum atomic E-state index is 13.7. The van der Waals surface area contributed by atoms with Crippen LogP contribution in [0.1, 0.15) is 15.9 Å². The molecule has 9 heteroatoms. The molecule has 7 nitrogen and oxygen atoms in total. The van der Waals surface area contributed by atoms with E-state index < -0.39 is 17.8 Å². The van der Waals surface area contributed by atoms with Gasteiger partial charge in [0.25, 0.3) is 5.91 Å². The average molecular weight is 423 g/mol. The van der Waals surface area contributed by atoms with Crippen LogP contribution in [0.2, 0.25) is 5.02 Å². The summed E-state index contributed by atoms with van der Waals surface area (Å²) in [7, 11) is 0. The fourth-order valence-corrected chi connectivity index (χ4v) is 3.02. The van der Waals surface area contributed by atoms with Gasteiger partial charge in [0.1, 0.15) is 5.82 Å². The summed E-state index contributed by atoms with van der Waals surface area (Å²) in [6, 6.07) is 13.9. The Balaban J connectivity index is 0.000000438. The van der Waals surface area contributed by atoms with Gasteiger partial charge < -0.3 is 15.1 Å². The third-order valence-corrected chi connectivity index (χ3v) is 4.48. The normalized spacial score (nSPS) is 13.9. The van der Waals surface area contributed by atoms with Crippen LogP contribution in [0.15, 0.2) is 48.5 Å². The first kappa shape index (κ1) is 22.3. The molecule has 1 fully saturated rings. The Hall–Kier alpha value is -2.97. The summed E-state index contributed by atoms with van der Waals surface area (Å²) in [5, 5.41) is 15.5. The molecular weight excluding hydrogens is 403 g/mol. The lowest BCUT2D eigenvalue weighted by atomic mass is 10.1. The van der Waals surface area contributed by atoms with Gasteiger partial charge in [-0.05, 0) is 29.8 Å². The van der Waals surface area contributed by atoms with E-state index in [1.165, 1.54) is 12.1 Å². The van der Waals surface area contributed by atoms with Crippen LogP contribution < -0.4 is 0 Å². The second-order valence-electron chi connectivity index (χ2n) is 6.29. The fourth-order valence-electron chi connectivity index (χ4n) is 2.81. The highest BCUT2D eigenvalue weighted by atomic mass is 35.5. The van der Waals surface area contributed by atoms with E-state index in [1.54, 1.807) is 17.0 Å². The topological polar surface area (TPSA) is 98.1 Å². The van der Waals surface area contributed by atoms with Gasteiger partial charge in [-0.15, -0.1) is 0 Å². The molecule has 0 atom stereocenters. The van der Waals surface area contributed by atoms with E-state index in [0.29, 0.717) is 13.1 Å². The van der Waals surface area contributed by atoms with Crippen molar-refractivity contribution in [2.45, 2.75) is 6.54 Å². The van der Waals surface area contributed by atoms with Crippen molar-refractivity contribution in [1.29, 1.82) is 0 Å². The second-order valence-corrected chi connectivity index (χ2v) is 6.72. The third-order valence-electron chi connectivity index (χ3n) is 4.24. The first-order valence-electron chi connectivity index (χ1n) is 8.74. The van der Waals surface area contributed by atoms with Crippen molar-refractivity contribution < 1.29 is 29.0 Å². The van der Waals surface area contributed by atoms with Crippen molar-refractivity contribution in [2.24, 2.45) is 0 Å². The molecule has 0 aliphatic carbocycles. The van der Waals surface area contributed by atoms with Crippen molar-refractivity contribution in [3.8, 4) is 0 Å². The zero-order valence-corrected chi connectivity index (χ0v) is 16.2. The highest BCUT2D eigenvalue weighted by Crippen LogP contribution is 2.16. The zero-order valence-electron chi connectivity index (χ0n) is 15.4. The number of carboxylic acids is 2. The predicted molar refractivity (Wildman–Crippen MR) is 104 cm³/mol. The van der Waals surface area contributed by atoms with E-state index >= 15 is 0 Å². The van der Waals surface area contributed by atoms with Gasteiger partial charge in [0.15, 0.2) is 0 Å². The minimum Gasteiger partial charge on any atom is -0.473 e. The highest BCUT2D eigenvalue weighted by Gasteiger charge is 2.23. The number of halogens is 2. The third kappa shape index (κ3) is 6.85. The van der Waals surface area contributed by atoms with Gasteiger partial charge in [-0.2, -0.15) is 0 Å². The summed E-state index contributed by atoms with van der Waals surface area (Å²) >= 11 is 6.00. The smallest absolute Gasteiger partial charge is 0.414 e. The maximum absolute atomic E-state index is 13.7. The summed E-state index contributed by atoms with van der Waals surface area (Å²) in [5.74, 6) is -4.34. The summed E-state index contributed by atoms with van der Waals surface area (Å²) in [6.07, 6.45) is 0. The molecule has 3 rings (SSSR count). The van der Waals surface area contributed by atoms with E-state index in [1.807, 2.05) is 24.3 Å². The Labute approximate surface area is 171 Å². The van der Waals surface area contributed by atoms with E-state index in [9.17, 15) is 9.18 Å². The maximum Gasteiger partial charge on any atom is 0.414 e. The standard InChI is InChI=1S/C18H18ClFN2O.C2H2O4/c19-15-5-3-4-14(12-15)13-21-8-10-22(11-9-21)18(23)16-6-1-2-7-17(16)20;3-1(4)2(5)6/h1-7,12H,8-11,13H2;(H,3,4)(H,5,6). The molecule has 0 radical (unpaired) electrons. The SMILES string of the molecule is O=C(O)C(=O)O.O=C(c1ccccc1F)N1CCN(Cc2cccc(Cl)c2)CC1. The van der Waals surface area contributed by atoms with Crippen molar-refractivity contribution in [2.75, 3.05) is 26.2 Å². The van der Waals surface area contributed by atoms with Gasteiger partial charge in [0.05, 0.1) is 5.56 Å². The van der Waals surface area contributed by atoms with Crippen LogP contribution in [0, 0.1) is 5.82 Å². The van der Waals surface area contributed by atoms with Gasteiger partial charge in [-0.3, -0.25) is 9.69 Å². The first-order chi connectivity index (χ1) is 13.8. The lowest BCUT2D eigenvalue weighted by Crippen LogP contribution is -2.48. The molecule has 0 bridgehead atoms. The molecule has 29 heavy (non-hydrogen) atoms. The van der Waals surface area contributed by atoms with E-state index in [4.69, 9.17) is 31.4 Å². The van der Waals surface area contributed by atoms with E-state index in [2.05, 4.69) is 4.90 Å². The minimum absolute atomic E-state index is 0.149. The number of nitrogens with zero attached hydrogens (tertiary/aromatic N) is 2. The number of carbonyl (C=O) groups is 3. The van der Waals surface area contributed by atoms with E-state index in [0.717, 1.165) is 30.2 Å². The molecule has 2 N–H and O–H groups in total. The van der Waals surface area contributed by atoms with Crippen molar-refractivity contribution >= 4 is 29.4 Å². The van der Waals surface area contributed by atoms with Crippen LogP contribution in [-0.4, -0.2) is 64.0 Å². The van der Waals surface area contributed by atoms with Crippen LogP contribution in [0.4, 0.5) is 4.39 Å². The number of hydrogen-bond donors (Lipinski definition) is 2. The number of benzene rings is 2. The predicted octanol–water partition coefficient (Wildman–Crippen LogP) is 2.59. The molecule has 0 aromatic heterocycles. The monoisotopic (exact) mass is 422 g/mol. The molecule has 1 amide bonds. The lowest BCUT2D eigenvalue weighted by Gasteiger charge is -2.34. The van der Waals surface area contributed by atoms with Gasteiger partial charge in [-0.25, -0.2) is 14.0 Å². The Bertz CT molecular complexity index is 873. The fraction of sp³-hybridized carbons (Fsp3) is 0.250. The molecule has 1 aliphatic rings. The van der Waals surface area contributed by atoms with Crippen LogP contribution in [0.5, 0.6) is 0 Å². The summed E-state index contributed by atoms with van der Waals surface area (Å²) in [6.45, 7) is 3.56. The number of aliphatic carboxylic acids is 2. The molecule has 0 saturated carbocycles. The molecule has 1 saturated heterocycles. The average Bonchev–Trinajstić information content (AvgIpc) is 2.69. The number of carbonyl (C=O) groups excluding carboxylic acids is 1. The Kier molecular flexibility index (Phi) is 8.11. The van der Waals surface area contributed by atoms with Crippen molar-refractivity contribution in [3.63, 3.8) is 0 Å². The molecule has 1 heterocycles. The van der Waals surface area contributed by atoms with E-state index in [-0.39, 0.29) is 11.5 Å². The Morgan fingerprint density at radius 1 is 0.931 bits per heavy atom. The van der Waals surface area contributed by atoms with Gasteiger partial charge in [0.2, 0.25) is 0 Å².